The number of carbonyl (C=O) groups excluding carboxylic acids is 1. The van der Waals surface area contributed by atoms with Gasteiger partial charge in [-0.1, -0.05) is 19.1 Å². The molecule has 2 rings (SSSR count). The van der Waals surface area contributed by atoms with Crippen LogP contribution in [0.2, 0.25) is 0 Å². The number of rotatable bonds is 2. The molecule has 2 atom stereocenters. The number of para-hydroxylation sites is 1. The highest BCUT2D eigenvalue weighted by Gasteiger charge is 2.28. The number of carbonyl (C=O) groups is 2. The van der Waals surface area contributed by atoms with Gasteiger partial charge in [-0.15, -0.1) is 0 Å². The van der Waals surface area contributed by atoms with Gasteiger partial charge < -0.3 is 15.3 Å². The molecule has 1 fully saturated rings. The van der Waals surface area contributed by atoms with E-state index in [1.165, 1.54) is 6.07 Å². The second-order valence-electron chi connectivity index (χ2n) is 5.33. The van der Waals surface area contributed by atoms with Gasteiger partial charge in [0.05, 0.1) is 11.3 Å². The average Bonchev–Trinajstić information content (AvgIpc) is 2.42. The third-order valence-electron chi connectivity index (χ3n) is 4.03. The summed E-state index contributed by atoms with van der Waals surface area (Å²) in [7, 11) is 0. The molecule has 0 saturated carbocycles. The maximum atomic E-state index is 12.3. The highest BCUT2D eigenvalue weighted by molar-refractivity contribution is 6.00. The molecule has 5 heteroatoms. The van der Waals surface area contributed by atoms with Crippen LogP contribution in [0, 0.1) is 5.92 Å². The molecule has 0 aliphatic carbocycles. The van der Waals surface area contributed by atoms with E-state index < -0.39 is 5.97 Å². The maximum Gasteiger partial charge on any atom is 0.337 e. The molecule has 0 spiro atoms. The highest BCUT2D eigenvalue weighted by Crippen LogP contribution is 2.24. The number of nitrogens with zero attached hydrogens (tertiary/aromatic N) is 1. The van der Waals surface area contributed by atoms with Crippen LogP contribution in [-0.2, 0) is 0 Å². The molecule has 1 saturated heterocycles. The molecule has 1 aliphatic rings. The van der Waals surface area contributed by atoms with Gasteiger partial charge in [-0.2, -0.15) is 0 Å². The first-order valence-corrected chi connectivity index (χ1v) is 6.90. The Kier molecular flexibility index (Phi) is 4.27. The van der Waals surface area contributed by atoms with Crippen molar-refractivity contribution in [3.63, 3.8) is 0 Å². The lowest BCUT2D eigenvalue weighted by molar-refractivity contribution is 0.0698. The number of hydrogen-bond acceptors (Lipinski definition) is 2. The minimum Gasteiger partial charge on any atom is -0.478 e. The minimum absolute atomic E-state index is 0.110. The highest BCUT2D eigenvalue weighted by atomic mass is 16.4. The Hall–Kier alpha value is -2.04. The third-order valence-corrected chi connectivity index (χ3v) is 4.03. The van der Waals surface area contributed by atoms with Gasteiger partial charge in [0.15, 0.2) is 0 Å². The molecule has 1 aliphatic heterocycles. The zero-order chi connectivity index (χ0) is 14.7. The number of hydrogen-bond donors (Lipinski definition) is 2. The molecule has 0 bridgehead atoms. The quantitative estimate of drug-likeness (QED) is 0.872. The SMILES string of the molecule is CC1CCCN(C(=O)Nc2ccccc2C(=O)O)C1C. The molecule has 2 unspecified atom stereocenters. The molecule has 2 amide bonds. The number of aromatic carboxylic acids is 1. The minimum atomic E-state index is -1.04. The van der Waals surface area contributed by atoms with Gasteiger partial charge in [-0.25, -0.2) is 9.59 Å². The zero-order valence-electron chi connectivity index (χ0n) is 11.8. The second-order valence-corrected chi connectivity index (χ2v) is 5.33. The number of nitrogens with one attached hydrogen (secondary N) is 1. The molecule has 1 heterocycles. The van der Waals surface area contributed by atoms with Gasteiger partial charge >= 0.3 is 12.0 Å². The fraction of sp³-hybridized carbons (Fsp3) is 0.467. The number of carboxylic acids is 1. The monoisotopic (exact) mass is 276 g/mol. The van der Waals surface area contributed by atoms with Gasteiger partial charge in [0.2, 0.25) is 0 Å². The van der Waals surface area contributed by atoms with Crippen LogP contribution in [-0.4, -0.2) is 34.6 Å². The number of likely N-dealkylation sites (tertiary alicyclic amines) is 1. The summed E-state index contributed by atoms with van der Waals surface area (Å²) in [5.41, 5.74) is 0.453. The Balaban J connectivity index is 2.14. The first-order valence-electron chi connectivity index (χ1n) is 6.90. The Labute approximate surface area is 118 Å². The lowest BCUT2D eigenvalue weighted by atomic mass is 9.92. The number of amides is 2. The van der Waals surface area contributed by atoms with Crippen LogP contribution in [0.3, 0.4) is 0 Å². The molecule has 20 heavy (non-hydrogen) atoms. The Morgan fingerprint density at radius 3 is 2.70 bits per heavy atom. The van der Waals surface area contributed by atoms with E-state index in [0.29, 0.717) is 18.2 Å². The van der Waals surface area contributed by atoms with Crippen molar-refractivity contribution in [1.29, 1.82) is 0 Å². The van der Waals surface area contributed by atoms with E-state index in [2.05, 4.69) is 12.2 Å². The van der Waals surface area contributed by atoms with Crippen LogP contribution in [0.15, 0.2) is 24.3 Å². The van der Waals surface area contributed by atoms with Crippen molar-refractivity contribution in [1.82, 2.24) is 4.90 Å². The van der Waals surface area contributed by atoms with Gasteiger partial charge in [0.1, 0.15) is 0 Å². The van der Waals surface area contributed by atoms with Crippen LogP contribution in [0.4, 0.5) is 10.5 Å². The van der Waals surface area contributed by atoms with E-state index in [4.69, 9.17) is 5.11 Å². The van der Waals surface area contributed by atoms with Crippen LogP contribution in [0.1, 0.15) is 37.0 Å². The van der Waals surface area contributed by atoms with Gasteiger partial charge in [0, 0.05) is 12.6 Å². The zero-order valence-corrected chi connectivity index (χ0v) is 11.8. The molecular weight excluding hydrogens is 256 g/mol. The first-order chi connectivity index (χ1) is 9.50. The van der Waals surface area contributed by atoms with Crippen molar-refractivity contribution in [2.75, 3.05) is 11.9 Å². The Bertz CT molecular complexity index is 516. The van der Waals surface area contributed by atoms with E-state index in [9.17, 15) is 9.59 Å². The molecule has 1 aromatic rings. The fourth-order valence-electron chi connectivity index (χ4n) is 2.59. The van der Waals surface area contributed by atoms with Crippen molar-refractivity contribution >= 4 is 17.7 Å². The summed E-state index contributed by atoms with van der Waals surface area (Å²) in [6, 6.07) is 6.40. The molecule has 5 nitrogen and oxygen atoms in total. The number of piperidine rings is 1. The van der Waals surface area contributed by atoms with E-state index in [1.807, 2.05) is 6.92 Å². The van der Waals surface area contributed by atoms with Crippen molar-refractivity contribution < 1.29 is 14.7 Å². The smallest absolute Gasteiger partial charge is 0.337 e. The summed E-state index contributed by atoms with van der Waals surface area (Å²) < 4.78 is 0. The topological polar surface area (TPSA) is 69.6 Å². The van der Waals surface area contributed by atoms with Gasteiger partial charge in [-0.05, 0) is 37.8 Å². The van der Waals surface area contributed by atoms with Crippen LogP contribution in [0.5, 0.6) is 0 Å². The van der Waals surface area contributed by atoms with Crippen molar-refractivity contribution in [3.05, 3.63) is 29.8 Å². The van der Waals surface area contributed by atoms with E-state index in [1.54, 1.807) is 23.1 Å². The molecular formula is C15H20N2O3. The van der Waals surface area contributed by atoms with E-state index in [-0.39, 0.29) is 17.6 Å². The summed E-state index contributed by atoms with van der Waals surface area (Å²) in [5, 5.41) is 11.8. The molecule has 0 aromatic heterocycles. The summed E-state index contributed by atoms with van der Waals surface area (Å²) >= 11 is 0. The van der Waals surface area contributed by atoms with Crippen LogP contribution < -0.4 is 5.32 Å². The average molecular weight is 276 g/mol. The lowest BCUT2D eigenvalue weighted by Gasteiger charge is -2.37. The summed E-state index contributed by atoms with van der Waals surface area (Å²) in [6.07, 6.45) is 2.11. The lowest BCUT2D eigenvalue weighted by Crippen LogP contribution is -2.48. The largest absolute Gasteiger partial charge is 0.478 e. The van der Waals surface area contributed by atoms with E-state index >= 15 is 0 Å². The summed E-state index contributed by atoms with van der Waals surface area (Å²) in [4.78, 5) is 25.2. The molecule has 1 aromatic carbocycles. The number of urea groups is 1. The van der Waals surface area contributed by atoms with Crippen molar-refractivity contribution in [2.45, 2.75) is 32.7 Å². The Morgan fingerprint density at radius 1 is 1.30 bits per heavy atom. The van der Waals surface area contributed by atoms with E-state index in [0.717, 1.165) is 12.8 Å². The van der Waals surface area contributed by atoms with Gasteiger partial charge in [-0.3, -0.25) is 0 Å². The molecule has 0 radical (unpaired) electrons. The summed E-state index contributed by atoms with van der Waals surface area (Å²) in [6.45, 7) is 4.88. The fourth-order valence-corrected chi connectivity index (χ4v) is 2.59. The molecule has 108 valence electrons. The number of benzene rings is 1. The second kappa shape index (κ2) is 5.94. The first kappa shape index (κ1) is 14.4. The van der Waals surface area contributed by atoms with Gasteiger partial charge in [0.25, 0.3) is 0 Å². The molecule has 2 N–H and O–H groups in total. The standard InChI is InChI=1S/C15H20N2O3/c1-10-6-5-9-17(11(10)2)15(20)16-13-8-4-3-7-12(13)14(18)19/h3-4,7-8,10-11H,5-6,9H2,1-2H3,(H,16,20)(H,18,19). The maximum absolute atomic E-state index is 12.3. The third kappa shape index (κ3) is 2.92. The van der Waals surface area contributed by atoms with Crippen LogP contribution >= 0.6 is 0 Å². The van der Waals surface area contributed by atoms with Crippen LogP contribution in [0.25, 0.3) is 0 Å². The van der Waals surface area contributed by atoms with Crippen molar-refractivity contribution in [2.24, 2.45) is 5.92 Å². The predicted octanol–water partition coefficient (Wildman–Crippen LogP) is 3.04. The number of anilines is 1. The predicted molar refractivity (Wildman–Crippen MR) is 77.0 cm³/mol. The summed E-state index contributed by atoms with van der Waals surface area (Å²) in [5.74, 6) is -0.579. The Morgan fingerprint density at radius 2 is 2.00 bits per heavy atom. The van der Waals surface area contributed by atoms with Crippen molar-refractivity contribution in [3.8, 4) is 0 Å². The number of carboxylic acid groups (broad SMARTS) is 1. The normalized spacial score (nSPS) is 22.4.